The molecule has 1 unspecified atom stereocenters. The fourth-order valence-corrected chi connectivity index (χ4v) is 3.68. The van der Waals surface area contributed by atoms with E-state index in [0.717, 1.165) is 12.8 Å². The van der Waals surface area contributed by atoms with Gasteiger partial charge in [-0.25, -0.2) is 4.79 Å². The zero-order valence-electron chi connectivity index (χ0n) is 14.0. The molecule has 0 radical (unpaired) electrons. The van der Waals surface area contributed by atoms with Crippen molar-refractivity contribution >= 4 is 11.9 Å². The van der Waals surface area contributed by atoms with Gasteiger partial charge in [0.15, 0.2) is 5.54 Å². The molecule has 1 atom stereocenters. The fourth-order valence-electron chi connectivity index (χ4n) is 3.68. The minimum atomic E-state index is -1.10. The quantitative estimate of drug-likeness (QED) is 0.794. The summed E-state index contributed by atoms with van der Waals surface area (Å²) < 4.78 is 0. The molecule has 23 heavy (non-hydrogen) atoms. The SMILES string of the molecule is CN1CC(C#N)(NC(=O)C(N)CC2CCCCC2)CN(C)C1=O. The standard InChI is InChI=1S/C16H27N5O2/c1-20-10-16(9-17,11-21(2)15(20)23)19-14(22)13(18)8-12-6-4-3-5-7-12/h12-13H,3-8,10-11,18H2,1-2H3,(H,19,22). The Kier molecular flexibility index (Phi) is 5.47. The van der Waals surface area contributed by atoms with Crippen LogP contribution in [-0.4, -0.2) is 60.5 Å². The van der Waals surface area contributed by atoms with Gasteiger partial charge in [0.1, 0.15) is 0 Å². The molecule has 0 aromatic heterocycles. The van der Waals surface area contributed by atoms with Gasteiger partial charge in [-0.15, -0.1) is 0 Å². The molecule has 0 bridgehead atoms. The lowest BCUT2D eigenvalue weighted by atomic mass is 9.84. The van der Waals surface area contributed by atoms with Crippen molar-refractivity contribution in [2.75, 3.05) is 27.2 Å². The summed E-state index contributed by atoms with van der Waals surface area (Å²) in [6.07, 6.45) is 6.60. The number of nitrogens with two attached hydrogens (primary N) is 1. The number of hydrogen-bond donors (Lipinski definition) is 2. The molecule has 2 fully saturated rings. The van der Waals surface area contributed by atoms with E-state index in [-0.39, 0.29) is 25.0 Å². The molecule has 0 aromatic carbocycles. The monoisotopic (exact) mass is 321 g/mol. The van der Waals surface area contributed by atoms with Crippen LogP contribution in [0.1, 0.15) is 38.5 Å². The largest absolute Gasteiger partial charge is 0.334 e. The van der Waals surface area contributed by atoms with Crippen molar-refractivity contribution in [1.29, 1.82) is 5.26 Å². The summed E-state index contributed by atoms with van der Waals surface area (Å²) in [5.74, 6) is 0.203. The van der Waals surface area contributed by atoms with Crippen LogP contribution in [-0.2, 0) is 4.79 Å². The van der Waals surface area contributed by atoms with Crippen LogP contribution in [0.5, 0.6) is 0 Å². The Labute approximate surface area is 137 Å². The van der Waals surface area contributed by atoms with E-state index in [2.05, 4.69) is 11.4 Å². The lowest BCUT2D eigenvalue weighted by Crippen LogP contribution is -2.67. The van der Waals surface area contributed by atoms with Gasteiger partial charge in [-0.1, -0.05) is 32.1 Å². The maximum Gasteiger partial charge on any atom is 0.319 e. The van der Waals surface area contributed by atoms with E-state index in [0.29, 0.717) is 12.3 Å². The molecule has 3 N–H and O–H groups in total. The molecule has 128 valence electrons. The average Bonchev–Trinajstić information content (AvgIpc) is 2.53. The van der Waals surface area contributed by atoms with Crippen LogP contribution in [0.4, 0.5) is 4.79 Å². The van der Waals surface area contributed by atoms with Gasteiger partial charge in [-0.2, -0.15) is 5.26 Å². The Hall–Kier alpha value is -1.81. The first kappa shape index (κ1) is 17.5. The molecule has 1 saturated heterocycles. The van der Waals surface area contributed by atoms with Gasteiger partial charge in [0.2, 0.25) is 5.91 Å². The fraction of sp³-hybridized carbons (Fsp3) is 0.812. The normalized spacial score (nSPS) is 23.3. The highest BCUT2D eigenvalue weighted by atomic mass is 16.2. The summed E-state index contributed by atoms with van der Waals surface area (Å²) in [4.78, 5) is 27.1. The number of carbonyl (C=O) groups excluding carboxylic acids is 2. The Balaban J connectivity index is 1.96. The highest BCUT2D eigenvalue weighted by Gasteiger charge is 2.42. The van der Waals surface area contributed by atoms with Gasteiger partial charge in [0, 0.05) is 14.1 Å². The summed E-state index contributed by atoms with van der Waals surface area (Å²) in [6, 6.07) is 1.41. The Bertz CT molecular complexity index is 481. The molecular weight excluding hydrogens is 294 g/mol. The van der Waals surface area contributed by atoms with Crippen molar-refractivity contribution < 1.29 is 9.59 Å². The maximum absolute atomic E-state index is 12.4. The topological polar surface area (TPSA) is 102 Å². The number of amides is 3. The van der Waals surface area contributed by atoms with Crippen LogP contribution in [0.15, 0.2) is 0 Å². The molecule has 2 aliphatic rings. The zero-order chi connectivity index (χ0) is 17.0. The lowest BCUT2D eigenvalue weighted by Gasteiger charge is -2.42. The molecule has 1 heterocycles. The summed E-state index contributed by atoms with van der Waals surface area (Å²) >= 11 is 0. The second kappa shape index (κ2) is 7.18. The van der Waals surface area contributed by atoms with Gasteiger partial charge in [0.05, 0.1) is 25.2 Å². The summed E-state index contributed by atoms with van der Waals surface area (Å²) in [7, 11) is 3.25. The third kappa shape index (κ3) is 4.14. The first-order chi connectivity index (χ1) is 10.9. The second-order valence-corrected chi connectivity index (χ2v) is 7.02. The van der Waals surface area contributed by atoms with Crippen LogP contribution in [0.25, 0.3) is 0 Å². The minimum Gasteiger partial charge on any atom is -0.334 e. The maximum atomic E-state index is 12.4. The molecule has 1 aliphatic carbocycles. The van der Waals surface area contributed by atoms with Crippen molar-refractivity contribution in [3.63, 3.8) is 0 Å². The van der Waals surface area contributed by atoms with E-state index in [9.17, 15) is 14.9 Å². The zero-order valence-corrected chi connectivity index (χ0v) is 14.0. The van der Waals surface area contributed by atoms with Crippen LogP contribution >= 0.6 is 0 Å². The van der Waals surface area contributed by atoms with Crippen LogP contribution in [0.2, 0.25) is 0 Å². The molecule has 7 nitrogen and oxygen atoms in total. The lowest BCUT2D eigenvalue weighted by molar-refractivity contribution is -0.124. The van der Waals surface area contributed by atoms with Crippen molar-refractivity contribution in [3.05, 3.63) is 0 Å². The highest BCUT2D eigenvalue weighted by Crippen LogP contribution is 2.27. The van der Waals surface area contributed by atoms with Crippen molar-refractivity contribution in [2.45, 2.75) is 50.1 Å². The van der Waals surface area contributed by atoms with E-state index < -0.39 is 11.6 Å². The summed E-state index contributed by atoms with van der Waals surface area (Å²) in [5.41, 5.74) is 4.96. The van der Waals surface area contributed by atoms with Crippen molar-refractivity contribution in [2.24, 2.45) is 11.7 Å². The molecule has 2 rings (SSSR count). The number of hydrogen-bond acceptors (Lipinski definition) is 4. The molecule has 0 aromatic rings. The molecule has 1 aliphatic heterocycles. The van der Waals surface area contributed by atoms with Crippen LogP contribution in [0.3, 0.4) is 0 Å². The Morgan fingerprint density at radius 2 is 1.91 bits per heavy atom. The van der Waals surface area contributed by atoms with Crippen molar-refractivity contribution in [3.8, 4) is 6.07 Å². The van der Waals surface area contributed by atoms with E-state index in [1.165, 1.54) is 29.1 Å². The highest BCUT2D eigenvalue weighted by molar-refractivity contribution is 5.83. The van der Waals surface area contributed by atoms with E-state index in [1.54, 1.807) is 14.1 Å². The van der Waals surface area contributed by atoms with E-state index in [4.69, 9.17) is 5.73 Å². The first-order valence-electron chi connectivity index (χ1n) is 8.32. The number of carbonyl (C=O) groups is 2. The number of nitrogens with one attached hydrogen (secondary N) is 1. The molecule has 1 saturated carbocycles. The third-order valence-corrected chi connectivity index (χ3v) is 4.89. The summed E-state index contributed by atoms with van der Waals surface area (Å²) in [5, 5.41) is 12.3. The van der Waals surface area contributed by atoms with E-state index >= 15 is 0 Å². The molecular formula is C16H27N5O2. The Morgan fingerprint density at radius 1 is 1.35 bits per heavy atom. The van der Waals surface area contributed by atoms with Gasteiger partial charge in [-0.3, -0.25) is 4.79 Å². The number of rotatable bonds is 4. The van der Waals surface area contributed by atoms with Gasteiger partial charge in [0.25, 0.3) is 0 Å². The minimum absolute atomic E-state index is 0.156. The van der Waals surface area contributed by atoms with Gasteiger partial charge < -0.3 is 20.9 Å². The number of nitriles is 1. The van der Waals surface area contributed by atoms with Crippen molar-refractivity contribution in [1.82, 2.24) is 15.1 Å². The second-order valence-electron chi connectivity index (χ2n) is 7.02. The smallest absolute Gasteiger partial charge is 0.319 e. The Morgan fingerprint density at radius 3 is 2.43 bits per heavy atom. The number of nitrogens with zero attached hydrogens (tertiary/aromatic N) is 3. The third-order valence-electron chi connectivity index (χ3n) is 4.89. The van der Waals surface area contributed by atoms with Gasteiger partial charge >= 0.3 is 6.03 Å². The molecule has 0 spiro atoms. The first-order valence-corrected chi connectivity index (χ1v) is 8.32. The number of urea groups is 1. The predicted molar refractivity (Wildman–Crippen MR) is 86.3 cm³/mol. The summed E-state index contributed by atoms with van der Waals surface area (Å²) in [6.45, 7) is 0.350. The molecule has 3 amide bonds. The van der Waals surface area contributed by atoms with E-state index in [1.807, 2.05) is 0 Å². The van der Waals surface area contributed by atoms with Gasteiger partial charge in [-0.05, 0) is 12.3 Å². The van der Waals surface area contributed by atoms with Crippen LogP contribution in [0, 0.1) is 17.2 Å². The number of likely N-dealkylation sites (N-methyl/N-ethyl adjacent to an activating group) is 2. The molecule has 7 heteroatoms. The predicted octanol–water partition coefficient (Wildman–Crippen LogP) is 0.660. The average molecular weight is 321 g/mol. The van der Waals surface area contributed by atoms with Crippen LogP contribution < -0.4 is 11.1 Å².